The van der Waals surface area contributed by atoms with Crippen LogP contribution in [0.2, 0.25) is 0 Å². The molecule has 0 radical (unpaired) electrons. The van der Waals surface area contributed by atoms with Crippen molar-refractivity contribution in [2.24, 2.45) is 5.73 Å². The van der Waals surface area contributed by atoms with Gasteiger partial charge in [-0.3, -0.25) is 18.6 Å². The van der Waals surface area contributed by atoms with Gasteiger partial charge in [0.25, 0.3) is 0 Å². The quantitative estimate of drug-likeness (QED) is 0.0317. The van der Waals surface area contributed by atoms with Crippen LogP contribution in [-0.2, 0) is 32.7 Å². The SMILES string of the molecule is CCCCCCCCCCCCCCCCOC[C@H](COP(=O)(O)OC[C@H](N)C(=O)O)OC(=O)CCCCCCCCCCCCCCC. The first-order valence-corrected chi connectivity index (χ1v) is 21.6. The summed E-state index contributed by atoms with van der Waals surface area (Å²) < 4.78 is 33.2. The van der Waals surface area contributed by atoms with Crippen LogP contribution in [0.25, 0.3) is 0 Å². The molecule has 0 amide bonds. The highest BCUT2D eigenvalue weighted by Crippen LogP contribution is 2.43. The molecular weight excluding hydrogens is 645 g/mol. The molecule has 0 rings (SSSR count). The number of esters is 1. The second-order valence-corrected chi connectivity index (χ2v) is 15.2. The third-order valence-corrected chi connectivity index (χ3v) is 9.84. The van der Waals surface area contributed by atoms with Gasteiger partial charge in [0.05, 0.1) is 19.8 Å². The Morgan fingerprint density at radius 1 is 0.571 bits per heavy atom. The Balaban J connectivity index is 4.24. The van der Waals surface area contributed by atoms with E-state index in [0.717, 1.165) is 38.5 Å². The summed E-state index contributed by atoms with van der Waals surface area (Å²) in [5.74, 6) is -1.77. The summed E-state index contributed by atoms with van der Waals surface area (Å²) in [7, 11) is -4.60. The molecule has 0 bridgehead atoms. The number of phosphoric ester groups is 1. The molecule has 0 aromatic heterocycles. The molecule has 0 aliphatic heterocycles. The molecule has 10 nitrogen and oxygen atoms in total. The van der Waals surface area contributed by atoms with Gasteiger partial charge in [-0.05, 0) is 12.8 Å². The summed E-state index contributed by atoms with van der Waals surface area (Å²) >= 11 is 0. The summed E-state index contributed by atoms with van der Waals surface area (Å²) in [6, 6.07) is -1.47. The second-order valence-electron chi connectivity index (χ2n) is 13.8. The largest absolute Gasteiger partial charge is 0.480 e. The fourth-order valence-corrected chi connectivity index (χ4v) is 6.50. The topological polar surface area (TPSA) is 155 Å². The van der Waals surface area contributed by atoms with Crippen LogP contribution in [0.4, 0.5) is 0 Å². The van der Waals surface area contributed by atoms with Gasteiger partial charge in [-0.25, -0.2) is 4.57 Å². The molecule has 49 heavy (non-hydrogen) atoms. The Bertz CT molecular complexity index is 801. The summed E-state index contributed by atoms with van der Waals surface area (Å²) in [6.07, 6.45) is 32.9. The van der Waals surface area contributed by atoms with Gasteiger partial charge in [0.1, 0.15) is 12.1 Å². The maximum absolute atomic E-state index is 12.6. The molecule has 0 aliphatic rings. The zero-order valence-corrected chi connectivity index (χ0v) is 32.5. The van der Waals surface area contributed by atoms with E-state index in [1.165, 1.54) is 135 Å². The summed E-state index contributed by atoms with van der Waals surface area (Å²) in [6.45, 7) is 3.90. The highest BCUT2D eigenvalue weighted by molar-refractivity contribution is 7.47. The first-order valence-electron chi connectivity index (χ1n) is 20.1. The molecular formula is C38H76NO9P. The fraction of sp³-hybridized carbons (Fsp3) is 0.947. The van der Waals surface area contributed by atoms with Crippen molar-refractivity contribution in [3.05, 3.63) is 0 Å². The van der Waals surface area contributed by atoms with Crippen LogP contribution < -0.4 is 5.73 Å². The maximum atomic E-state index is 12.6. The minimum Gasteiger partial charge on any atom is -0.480 e. The summed E-state index contributed by atoms with van der Waals surface area (Å²) in [5.41, 5.74) is 5.34. The number of unbranched alkanes of at least 4 members (excludes halogenated alkanes) is 25. The number of rotatable bonds is 39. The van der Waals surface area contributed by atoms with Gasteiger partial charge in [-0.1, -0.05) is 174 Å². The number of ether oxygens (including phenoxy) is 2. The molecule has 0 saturated heterocycles. The van der Waals surface area contributed by atoms with Crippen LogP contribution in [0.15, 0.2) is 0 Å². The average Bonchev–Trinajstić information content (AvgIpc) is 3.07. The number of hydrogen-bond acceptors (Lipinski definition) is 8. The second kappa shape index (κ2) is 35.4. The van der Waals surface area contributed by atoms with E-state index >= 15 is 0 Å². The van der Waals surface area contributed by atoms with E-state index in [-0.39, 0.29) is 13.0 Å². The van der Waals surface area contributed by atoms with Crippen molar-refractivity contribution in [3.63, 3.8) is 0 Å². The lowest BCUT2D eigenvalue weighted by atomic mass is 10.0. The lowest BCUT2D eigenvalue weighted by molar-refractivity contribution is -0.154. The Labute approximate surface area is 299 Å². The third-order valence-electron chi connectivity index (χ3n) is 8.89. The summed E-state index contributed by atoms with van der Waals surface area (Å²) in [5, 5.41) is 8.87. The first kappa shape index (κ1) is 48.0. The van der Waals surface area contributed by atoms with Crippen LogP contribution in [0.5, 0.6) is 0 Å². The predicted octanol–water partition coefficient (Wildman–Crippen LogP) is 10.4. The molecule has 0 aromatic rings. The van der Waals surface area contributed by atoms with Crippen molar-refractivity contribution in [1.82, 2.24) is 0 Å². The number of carbonyl (C=O) groups is 2. The monoisotopic (exact) mass is 722 g/mol. The fourth-order valence-electron chi connectivity index (χ4n) is 5.72. The molecule has 4 N–H and O–H groups in total. The molecule has 0 saturated carbocycles. The van der Waals surface area contributed by atoms with Crippen molar-refractivity contribution in [1.29, 1.82) is 0 Å². The van der Waals surface area contributed by atoms with Gasteiger partial charge in [-0.2, -0.15) is 0 Å². The molecule has 1 unspecified atom stereocenters. The van der Waals surface area contributed by atoms with Gasteiger partial charge in [0, 0.05) is 13.0 Å². The van der Waals surface area contributed by atoms with Crippen LogP contribution >= 0.6 is 7.82 Å². The molecule has 11 heteroatoms. The van der Waals surface area contributed by atoms with Gasteiger partial charge >= 0.3 is 19.8 Å². The van der Waals surface area contributed by atoms with E-state index in [1.54, 1.807) is 0 Å². The zero-order chi connectivity index (χ0) is 36.3. The normalized spacial score (nSPS) is 14.0. The Hall–Kier alpha value is -1.03. The van der Waals surface area contributed by atoms with E-state index < -0.39 is 45.1 Å². The molecule has 3 atom stereocenters. The predicted molar refractivity (Wildman–Crippen MR) is 199 cm³/mol. The zero-order valence-electron chi connectivity index (χ0n) is 31.6. The van der Waals surface area contributed by atoms with E-state index in [9.17, 15) is 19.0 Å². The number of carboxylic acids is 1. The van der Waals surface area contributed by atoms with Crippen LogP contribution in [0.1, 0.15) is 194 Å². The number of hydrogen-bond donors (Lipinski definition) is 3. The van der Waals surface area contributed by atoms with E-state index in [4.69, 9.17) is 29.4 Å². The van der Waals surface area contributed by atoms with E-state index in [1.807, 2.05) is 0 Å². The number of phosphoric acid groups is 1. The van der Waals surface area contributed by atoms with Crippen LogP contribution in [0.3, 0.4) is 0 Å². The van der Waals surface area contributed by atoms with Crippen molar-refractivity contribution >= 4 is 19.8 Å². The number of carbonyl (C=O) groups excluding carboxylic acids is 1. The molecule has 0 aliphatic carbocycles. The molecule has 292 valence electrons. The van der Waals surface area contributed by atoms with E-state index in [0.29, 0.717) is 6.61 Å². The van der Waals surface area contributed by atoms with Crippen LogP contribution in [-0.4, -0.2) is 60.5 Å². The molecule has 0 spiro atoms. The maximum Gasteiger partial charge on any atom is 0.472 e. The van der Waals surface area contributed by atoms with Gasteiger partial charge in [0.2, 0.25) is 0 Å². The summed E-state index contributed by atoms with van der Waals surface area (Å²) in [4.78, 5) is 33.4. The van der Waals surface area contributed by atoms with Crippen molar-refractivity contribution in [2.45, 2.75) is 206 Å². The Morgan fingerprint density at radius 3 is 1.35 bits per heavy atom. The van der Waals surface area contributed by atoms with Crippen molar-refractivity contribution in [3.8, 4) is 0 Å². The number of aliphatic carboxylic acids is 1. The molecule has 0 heterocycles. The standard InChI is InChI=1S/C38H76NO9P/c1-3-5-7-9-11-13-15-17-19-21-23-25-27-29-31-45-32-35(33-46-49(43,44)47-34-36(39)38(41)42)48-37(40)30-28-26-24-22-20-18-16-14-12-10-8-6-4-2/h35-36H,3-34,39H2,1-2H3,(H,41,42)(H,43,44)/t35-,36+/m1/s1. The lowest BCUT2D eigenvalue weighted by Crippen LogP contribution is -2.34. The van der Waals surface area contributed by atoms with Crippen molar-refractivity contribution < 1.29 is 42.7 Å². The molecule has 0 aromatic carbocycles. The van der Waals surface area contributed by atoms with Crippen LogP contribution in [0, 0.1) is 0 Å². The molecule has 0 fully saturated rings. The highest BCUT2D eigenvalue weighted by atomic mass is 31.2. The van der Waals surface area contributed by atoms with Gasteiger partial charge < -0.3 is 25.2 Å². The van der Waals surface area contributed by atoms with Crippen molar-refractivity contribution in [2.75, 3.05) is 26.4 Å². The van der Waals surface area contributed by atoms with Gasteiger partial charge in [-0.15, -0.1) is 0 Å². The average molecular weight is 722 g/mol. The first-order chi connectivity index (χ1) is 23.7. The number of nitrogens with two attached hydrogens (primary N) is 1. The van der Waals surface area contributed by atoms with E-state index in [2.05, 4.69) is 13.8 Å². The van der Waals surface area contributed by atoms with Gasteiger partial charge in [0.15, 0.2) is 0 Å². The minimum atomic E-state index is -4.60. The number of carboxylic acid groups (broad SMARTS) is 1. The minimum absolute atomic E-state index is 0.0252. The Kier molecular flexibility index (Phi) is 34.6. The third kappa shape index (κ3) is 35.2. The highest BCUT2D eigenvalue weighted by Gasteiger charge is 2.27. The smallest absolute Gasteiger partial charge is 0.472 e. The Morgan fingerprint density at radius 2 is 0.939 bits per heavy atom. The lowest BCUT2D eigenvalue weighted by Gasteiger charge is -2.20.